The van der Waals surface area contributed by atoms with Crippen LogP contribution in [0.4, 0.5) is 10.5 Å². The van der Waals surface area contributed by atoms with Gasteiger partial charge in [0.1, 0.15) is 6.61 Å². The number of anilines is 1. The predicted molar refractivity (Wildman–Crippen MR) is 85.2 cm³/mol. The molecule has 1 aliphatic rings. The minimum atomic E-state index is -0.218. The van der Waals surface area contributed by atoms with Crippen molar-refractivity contribution in [3.05, 3.63) is 24.0 Å². The van der Waals surface area contributed by atoms with Crippen LogP contribution in [0.25, 0.3) is 0 Å². The number of rotatable bonds is 4. The Labute approximate surface area is 123 Å². The van der Waals surface area contributed by atoms with Crippen molar-refractivity contribution in [3.63, 3.8) is 0 Å². The molecule has 5 heteroatoms. The Morgan fingerprint density at radius 3 is 2.60 bits per heavy atom. The number of nitrogens with one attached hydrogen (secondary N) is 1. The van der Waals surface area contributed by atoms with Crippen molar-refractivity contribution < 1.29 is 11.0 Å². The molecule has 0 radical (unpaired) electrons. The van der Waals surface area contributed by atoms with E-state index < -0.39 is 0 Å². The van der Waals surface area contributed by atoms with Gasteiger partial charge in [-0.05, 0) is 18.6 Å². The fraction of sp³-hybridized carbons (Fsp3) is 0.600. The van der Waals surface area contributed by atoms with Gasteiger partial charge in [0.25, 0.3) is 0 Å². The molecule has 0 spiro atoms. The first-order valence-corrected chi connectivity index (χ1v) is 7.33. The summed E-state index contributed by atoms with van der Waals surface area (Å²) in [6, 6.07) is 2.02. The first-order chi connectivity index (χ1) is 9.75. The number of amides is 1. The monoisotopic (exact) mass is 283 g/mol. The quantitative estimate of drug-likeness (QED) is 0.918. The number of hydrogen-bond acceptors (Lipinski definition) is 4. The first kappa shape index (κ1) is 18.2. The van der Waals surface area contributed by atoms with Crippen molar-refractivity contribution >= 4 is 11.8 Å². The summed E-state index contributed by atoms with van der Waals surface area (Å²) in [5, 5.41) is 3.22. The number of pyridine rings is 1. The van der Waals surface area contributed by atoms with Crippen LogP contribution in [0.5, 0.6) is 0 Å². The molecule has 1 fully saturated rings. The fourth-order valence-corrected chi connectivity index (χ4v) is 1.62. The van der Waals surface area contributed by atoms with E-state index in [2.05, 4.69) is 10.3 Å². The lowest BCUT2D eigenvalue weighted by atomic mass is 10.3. The molecule has 1 saturated heterocycles. The highest BCUT2D eigenvalue weighted by atomic mass is 16.6. The van der Waals surface area contributed by atoms with Crippen LogP contribution in [-0.4, -0.2) is 42.2 Å². The Hall–Kier alpha value is -1.78. The van der Waals surface area contributed by atoms with Crippen molar-refractivity contribution in [2.24, 2.45) is 0 Å². The van der Waals surface area contributed by atoms with Crippen LogP contribution in [0.3, 0.4) is 0 Å². The summed E-state index contributed by atoms with van der Waals surface area (Å²) in [4.78, 5) is 16.9. The molecule has 1 aromatic rings. The van der Waals surface area contributed by atoms with Crippen LogP contribution >= 0.6 is 0 Å². The first-order valence-electron chi connectivity index (χ1n) is 7.33. The normalized spacial score (nSPS) is 12.7. The van der Waals surface area contributed by atoms with Crippen molar-refractivity contribution in [1.82, 2.24) is 9.88 Å². The molecule has 0 unspecified atom stereocenters. The lowest BCUT2D eigenvalue weighted by molar-refractivity contribution is 0.159. The summed E-state index contributed by atoms with van der Waals surface area (Å²) in [6.07, 6.45) is 3.36. The summed E-state index contributed by atoms with van der Waals surface area (Å²) in [7, 11) is 0. The average molecular weight is 283 g/mol. The van der Waals surface area contributed by atoms with E-state index in [-0.39, 0.29) is 7.52 Å². The minimum absolute atomic E-state index is 0. The van der Waals surface area contributed by atoms with E-state index in [9.17, 15) is 4.79 Å². The van der Waals surface area contributed by atoms with Crippen LogP contribution in [0, 0.1) is 6.92 Å². The molecule has 0 atom stereocenters. The second-order valence-electron chi connectivity index (χ2n) is 3.78. The molecule has 5 nitrogen and oxygen atoms in total. The highest BCUT2D eigenvalue weighted by molar-refractivity contribution is 5.69. The summed E-state index contributed by atoms with van der Waals surface area (Å²) >= 11 is 0. The van der Waals surface area contributed by atoms with Crippen LogP contribution in [0.2, 0.25) is 0 Å². The number of carbonyl (C=O) groups is 1. The molecule has 1 amide bonds. The Balaban J connectivity index is 0. The molecule has 0 bridgehead atoms. The molecule has 1 aromatic heterocycles. The number of aryl methyl sites for hydroxylation is 1. The maximum atomic E-state index is 11.1. The molecule has 116 valence electrons. The second kappa shape index (κ2) is 11.1. The molecular weight excluding hydrogens is 254 g/mol. The standard InChI is InChI=1S/C11H15N3O2.2C2H6.H2/c1-9-6-10(8-12-7-9)13-2-3-14-4-5-16-11(14)15;2*1-2;/h6-8,13H,2-5H2,1H3;2*1-2H3;1H. The van der Waals surface area contributed by atoms with Gasteiger partial charge in [-0.3, -0.25) is 4.98 Å². The van der Waals surface area contributed by atoms with Gasteiger partial charge in [-0.25, -0.2) is 4.79 Å². The van der Waals surface area contributed by atoms with E-state index in [1.165, 1.54) is 0 Å². The molecule has 1 aliphatic heterocycles. The number of aromatic nitrogens is 1. The lowest BCUT2D eigenvalue weighted by Crippen LogP contribution is -2.29. The molecule has 0 saturated carbocycles. The number of cyclic esters (lactones) is 1. The van der Waals surface area contributed by atoms with Gasteiger partial charge in [-0.15, -0.1) is 0 Å². The second-order valence-corrected chi connectivity index (χ2v) is 3.78. The number of ether oxygens (including phenoxy) is 1. The van der Waals surface area contributed by atoms with Gasteiger partial charge < -0.3 is 15.0 Å². The zero-order valence-corrected chi connectivity index (χ0v) is 13.3. The van der Waals surface area contributed by atoms with Gasteiger partial charge in [-0.2, -0.15) is 0 Å². The fourth-order valence-electron chi connectivity index (χ4n) is 1.62. The number of hydrogen-bond donors (Lipinski definition) is 1. The van der Waals surface area contributed by atoms with Crippen molar-refractivity contribution in [3.8, 4) is 0 Å². The van der Waals surface area contributed by atoms with Crippen LogP contribution in [-0.2, 0) is 4.74 Å². The van der Waals surface area contributed by atoms with Crippen LogP contribution in [0.1, 0.15) is 34.7 Å². The Morgan fingerprint density at radius 1 is 1.35 bits per heavy atom. The maximum absolute atomic E-state index is 11.1. The zero-order chi connectivity index (χ0) is 15.4. The number of nitrogens with zero attached hydrogens (tertiary/aromatic N) is 2. The minimum Gasteiger partial charge on any atom is -0.448 e. The summed E-state index contributed by atoms with van der Waals surface area (Å²) in [5.41, 5.74) is 2.10. The summed E-state index contributed by atoms with van der Waals surface area (Å²) in [5.74, 6) is 0. The Bertz CT molecular complexity index is 389. The summed E-state index contributed by atoms with van der Waals surface area (Å²) < 4.78 is 4.83. The molecule has 20 heavy (non-hydrogen) atoms. The van der Waals surface area contributed by atoms with E-state index in [0.717, 1.165) is 11.3 Å². The molecule has 1 N–H and O–H groups in total. The summed E-state index contributed by atoms with van der Waals surface area (Å²) in [6.45, 7) is 12.6. The molecule has 0 aliphatic carbocycles. The maximum Gasteiger partial charge on any atom is 0.409 e. The SMILES string of the molecule is CC.CC.Cc1cncc(NCCN2CCOC2=O)c1.[HH]. The average Bonchev–Trinajstić information content (AvgIpc) is 2.89. The lowest BCUT2D eigenvalue weighted by Gasteiger charge is -2.13. The van der Waals surface area contributed by atoms with Gasteiger partial charge in [0.05, 0.1) is 12.2 Å². The molecule has 2 rings (SSSR count). The van der Waals surface area contributed by atoms with E-state index in [1.54, 1.807) is 11.1 Å². The molecule has 0 aromatic carbocycles. The third-order valence-electron chi connectivity index (χ3n) is 2.43. The third kappa shape index (κ3) is 6.41. The topological polar surface area (TPSA) is 54.5 Å². The van der Waals surface area contributed by atoms with Crippen molar-refractivity contribution in [2.75, 3.05) is 31.6 Å². The van der Waals surface area contributed by atoms with Crippen LogP contribution < -0.4 is 5.32 Å². The third-order valence-corrected chi connectivity index (χ3v) is 2.43. The zero-order valence-electron chi connectivity index (χ0n) is 13.3. The highest BCUT2D eigenvalue weighted by Crippen LogP contribution is 2.07. The van der Waals surface area contributed by atoms with Crippen molar-refractivity contribution in [2.45, 2.75) is 34.6 Å². The van der Waals surface area contributed by atoms with E-state index in [1.807, 2.05) is 46.9 Å². The van der Waals surface area contributed by atoms with E-state index >= 15 is 0 Å². The number of carbonyl (C=O) groups excluding carboxylic acids is 1. The van der Waals surface area contributed by atoms with Gasteiger partial charge in [0.15, 0.2) is 0 Å². The molecule has 2 heterocycles. The smallest absolute Gasteiger partial charge is 0.409 e. The van der Waals surface area contributed by atoms with Crippen LogP contribution in [0.15, 0.2) is 18.5 Å². The van der Waals surface area contributed by atoms with Gasteiger partial charge >= 0.3 is 6.09 Å². The van der Waals surface area contributed by atoms with Crippen molar-refractivity contribution in [1.29, 1.82) is 0 Å². The van der Waals surface area contributed by atoms with E-state index in [0.29, 0.717) is 26.2 Å². The Kier molecular flexibility index (Phi) is 10.1. The van der Waals surface area contributed by atoms with Gasteiger partial charge in [-0.1, -0.05) is 27.7 Å². The van der Waals surface area contributed by atoms with E-state index in [4.69, 9.17) is 4.74 Å². The van der Waals surface area contributed by atoms with Gasteiger partial charge in [0, 0.05) is 26.9 Å². The predicted octanol–water partition coefficient (Wildman–Crippen LogP) is 3.55. The molecular formula is C15H29N3O2. The van der Waals surface area contributed by atoms with Gasteiger partial charge in [0.2, 0.25) is 0 Å². The largest absolute Gasteiger partial charge is 0.448 e. The Morgan fingerprint density at radius 2 is 2.05 bits per heavy atom. The highest BCUT2D eigenvalue weighted by Gasteiger charge is 2.20.